The molecule has 2 N–H and O–H groups in total. The zero-order valence-corrected chi connectivity index (χ0v) is 7.62. The van der Waals surface area contributed by atoms with E-state index in [1.807, 2.05) is 4.90 Å². The third-order valence-corrected chi connectivity index (χ3v) is 2.17. The van der Waals surface area contributed by atoms with Gasteiger partial charge in [0.2, 0.25) is 0 Å². The van der Waals surface area contributed by atoms with E-state index in [-0.39, 0.29) is 6.03 Å². The largest absolute Gasteiger partial charge is 0.329 e. The Hall–Kier alpha value is -0.770. The molecule has 0 aromatic rings. The zero-order valence-electron chi connectivity index (χ0n) is 7.62. The molecule has 70 valence electrons. The maximum Gasteiger partial charge on any atom is 0.319 e. The molecular formula is C8H17N3O. The van der Waals surface area contributed by atoms with Crippen LogP contribution >= 0.6 is 0 Å². The number of nitrogens with two attached hydrogens (primary N) is 1. The van der Waals surface area contributed by atoms with Crippen molar-refractivity contribution in [3.8, 4) is 0 Å². The second-order valence-electron chi connectivity index (χ2n) is 3.19. The van der Waals surface area contributed by atoms with E-state index in [9.17, 15) is 4.79 Å². The summed E-state index contributed by atoms with van der Waals surface area (Å²) in [7, 11) is 1.80. The molecule has 4 nitrogen and oxygen atoms in total. The Labute approximate surface area is 73.3 Å². The summed E-state index contributed by atoms with van der Waals surface area (Å²) in [5, 5.41) is 0. The first-order chi connectivity index (χ1) is 5.75. The highest BCUT2D eigenvalue weighted by Crippen LogP contribution is 2.09. The maximum atomic E-state index is 11.5. The third kappa shape index (κ3) is 2.11. The van der Waals surface area contributed by atoms with Gasteiger partial charge in [-0.3, -0.25) is 0 Å². The Balaban J connectivity index is 2.34. The minimum absolute atomic E-state index is 0.123. The van der Waals surface area contributed by atoms with Crippen LogP contribution in [0.1, 0.15) is 12.8 Å². The van der Waals surface area contributed by atoms with Gasteiger partial charge in [-0.15, -0.1) is 0 Å². The van der Waals surface area contributed by atoms with Crippen LogP contribution in [0.15, 0.2) is 0 Å². The lowest BCUT2D eigenvalue weighted by molar-refractivity contribution is 0.174. The Morgan fingerprint density at radius 2 is 2.08 bits per heavy atom. The van der Waals surface area contributed by atoms with Crippen molar-refractivity contribution < 1.29 is 4.79 Å². The van der Waals surface area contributed by atoms with Crippen LogP contribution in [-0.4, -0.2) is 49.1 Å². The first-order valence-electron chi connectivity index (χ1n) is 4.46. The summed E-state index contributed by atoms with van der Waals surface area (Å²) in [6, 6.07) is 0.123. The number of likely N-dealkylation sites (N-methyl/N-ethyl adjacent to an activating group) is 1. The van der Waals surface area contributed by atoms with Crippen LogP contribution in [0.5, 0.6) is 0 Å². The van der Waals surface area contributed by atoms with Gasteiger partial charge in [0, 0.05) is 33.2 Å². The highest BCUT2D eigenvalue weighted by Gasteiger charge is 2.20. The average molecular weight is 171 g/mol. The second-order valence-corrected chi connectivity index (χ2v) is 3.19. The number of carbonyl (C=O) groups excluding carboxylic acids is 1. The van der Waals surface area contributed by atoms with Crippen molar-refractivity contribution in [1.29, 1.82) is 0 Å². The SMILES string of the molecule is CN(CCN)C(=O)N1CCCC1. The summed E-state index contributed by atoms with van der Waals surface area (Å²) in [4.78, 5) is 15.1. The van der Waals surface area contributed by atoms with Crippen LogP contribution in [0.25, 0.3) is 0 Å². The van der Waals surface area contributed by atoms with Gasteiger partial charge in [-0.25, -0.2) is 4.79 Å². The van der Waals surface area contributed by atoms with Gasteiger partial charge in [-0.05, 0) is 12.8 Å². The van der Waals surface area contributed by atoms with Crippen LogP contribution in [-0.2, 0) is 0 Å². The lowest BCUT2D eigenvalue weighted by atomic mass is 10.4. The number of amides is 2. The summed E-state index contributed by atoms with van der Waals surface area (Å²) < 4.78 is 0. The lowest BCUT2D eigenvalue weighted by Gasteiger charge is -2.23. The molecule has 1 heterocycles. The van der Waals surface area contributed by atoms with Gasteiger partial charge >= 0.3 is 6.03 Å². The molecule has 1 aliphatic heterocycles. The Kier molecular flexibility index (Phi) is 3.34. The molecule has 4 heteroatoms. The van der Waals surface area contributed by atoms with E-state index < -0.39 is 0 Å². The quantitative estimate of drug-likeness (QED) is 0.640. The predicted molar refractivity (Wildman–Crippen MR) is 47.9 cm³/mol. The summed E-state index contributed by atoms with van der Waals surface area (Å²) >= 11 is 0. The highest BCUT2D eigenvalue weighted by atomic mass is 16.2. The van der Waals surface area contributed by atoms with E-state index in [2.05, 4.69) is 0 Å². The molecule has 2 amide bonds. The van der Waals surface area contributed by atoms with Crippen LogP contribution < -0.4 is 5.73 Å². The van der Waals surface area contributed by atoms with Crippen molar-refractivity contribution in [3.05, 3.63) is 0 Å². The number of hydrogen-bond acceptors (Lipinski definition) is 2. The van der Waals surface area contributed by atoms with Crippen LogP contribution in [0.4, 0.5) is 4.79 Å². The zero-order chi connectivity index (χ0) is 8.97. The smallest absolute Gasteiger partial charge is 0.319 e. The molecule has 0 bridgehead atoms. The molecule has 1 saturated heterocycles. The highest BCUT2D eigenvalue weighted by molar-refractivity contribution is 5.74. The molecule has 0 aromatic heterocycles. The Bertz CT molecular complexity index is 154. The summed E-state index contributed by atoms with van der Waals surface area (Å²) in [5.74, 6) is 0. The third-order valence-electron chi connectivity index (χ3n) is 2.17. The van der Waals surface area contributed by atoms with Gasteiger partial charge in [0.25, 0.3) is 0 Å². The van der Waals surface area contributed by atoms with Gasteiger partial charge in [0.05, 0.1) is 0 Å². The maximum absolute atomic E-state index is 11.5. The molecule has 0 aromatic carbocycles. The normalized spacial score (nSPS) is 16.7. The molecule has 1 fully saturated rings. The van der Waals surface area contributed by atoms with Crippen LogP contribution in [0.2, 0.25) is 0 Å². The fraction of sp³-hybridized carbons (Fsp3) is 0.875. The summed E-state index contributed by atoms with van der Waals surface area (Å²) in [6.45, 7) is 3.01. The topological polar surface area (TPSA) is 49.6 Å². The van der Waals surface area contributed by atoms with Crippen molar-refractivity contribution in [3.63, 3.8) is 0 Å². The number of nitrogens with zero attached hydrogens (tertiary/aromatic N) is 2. The van der Waals surface area contributed by atoms with Crippen molar-refractivity contribution in [2.24, 2.45) is 5.73 Å². The Morgan fingerprint density at radius 1 is 1.50 bits per heavy atom. The molecule has 1 aliphatic rings. The minimum Gasteiger partial charge on any atom is -0.329 e. The van der Waals surface area contributed by atoms with E-state index >= 15 is 0 Å². The number of likely N-dealkylation sites (tertiary alicyclic amines) is 1. The monoisotopic (exact) mass is 171 g/mol. The predicted octanol–water partition coefficient (Wildman–Crippen LogP) is 0.0927. The van der Waals surface area contributed by atoms with Crippen LogP contribution in [0.3, 0.4) is 0 Å². The Morgan fingerprint density at radius 3 is 2.58 bits per heavy atom. The molecule has 1 rings (SSSR count). The van der Waals surface area contributed by atoms with E-state index in [0.717, 1.165) is 25.9 Å². The molecule has 0 spiro atoms. The average Bonchev–Trinajstić information content (AvgIpc) is 2.55. The fourth-order valence-electron chi connectivity index (χ4n) is 1.44. The number of urea groups is 1. The van der Waals surface area contributed by atoms with Gasteiger partial charge in [0.1, 0.15) is 0 Å². The van der Waals surface area contributed by atoms with Gasteiger partial charge in [-0.2, -0.15) is 0 Å². The van der Waals surface area contributed by atoms with Crippen LogP contribution in [0, 0.1) is 0 Å². The number of carbonyl (C=O) groups is 1. The van der Waals surface area contributed by atoms with Crippen molar-refractivity contribution in [1.82, 2.24) is 9.80 Å². The minimum atomic E-state index is 0.123. The molecule has 0 atom stereocenters. The summed E-state index contributed by atoms with van der Waals surface area (Å²) in [6.07, 6.45) is 2.28. The second kappa shape index (κ2) is 4.30. The summed E-state index contributed by atoms with van der Waals surface area (Å²) in [5.41, 5.74) is 5.35. The lowest BCUT2D eigenvalue weighted by Crippen LogP contribution is -2.41. The molecule has 0 aliphatic carbocycles. The van der Waals surface area contributed by atoms with Crippen molar-refractivity contribution in [2.45, 2.75) is 12.8 Å². The molecule has 0 radical (unpaired) electrons. The van der Waals surface area contributed by atoms with Gasteiger partial charge in [0.15, 0.2) is 0 Å². The molecule has 12 heavy (non-hydrogen) atoms. The van der Waals surface area contributed by atoms with E-state index in [1.165, 1.54) is 0 Å². The van der Waals surface area contributed by atoms with E-state index in [1.54, 1.807) is 11.9 Å². The van der Waals surface area contributed by atoms with E-state index in [4.69, 9.17) is 5.73 Å². The standard InChI is InChI=1S/C8H17N3O/c1-10(7-4-9)8(12)11-5-2-3-6-11/h2-7,9H2,1H3. The van der Waals surface area contributed by atoms with Crippen molar-refractivity contribution in [2.75, 3.05) is 33.2 Å². The first-order valence-corrected chi connectivity index (χ1v) is 4.46. The van der Waals surface area contributed by atoms with Crippen molar-refractivity contribution >= 4 is 6.03 Å². The molecule has 0 unspecified atom stereocenters. The molecule has 0 saturated carbocycles. The number of hydrogen-bond donors (Lipinski definition) is 1. The fourth-order valence-corrected chi connectivity index (χ4v) is 1.44. The first kappa shape index (κ1) is 9.32. The van der Waals surface area contributed by atoms with Gasteiger partial charge in [-0.1, -0.05) is 0 Å². The molecular weight excluding hydrogens is 154 g/mol. The van der Waals surface area contributed by atoms with E-state index in [0.29, 0.717) is 13.1 Å². The number of rotatable bonds is 2. The van der Waals surface area contributed by atoms with Gasteiger partial charge < -0.3 is 15.5 Å².